The van der Waals surface area contributed by atoms with Crippen LogP contribution in [0.25, 0.3) is 11.1 Å². The van der Waals surface area contributed by atoms with Crippen LogP contribution in [0.2, 0.25) is 0 Å². The third-order valence-corrected chi connectivity index (χ3v) is 7.21. The van der Waals surface area contributed by atoms with E-state index >= 15 is 0 Å². The molecule has 0 bridgehead atoms. The van der Waals surface area contributed by atoms with Crippen LogP contribution in [-0.4, -0.2) is 64.1 Å². The molecule has 0 spiro atoms. The second-order valence-electron chi connectivity index (χ2n) is 9.27. The molecule has 5 heteroatoms. The molecule has 2 aliphatic rings. The van der Waals surface area contributed by atoms with Gasteiger partial charge in [-0.15, -0.1) is 0 Å². The van der Waals surface area contributed by atoms with Crippen LogP contribution < -0.4 is 0 Å². The van der Waals surface area contributed by atoms with Gasteiger partial charge in [-0.25, -0.2) is 0 Å². The molecule has 3 heterocycles. The van der Waals surface area contributed by atoms with Gasteiger partial charge in [-0.3, -0.25) is 14.7 Å². The number of hydrogen-bond acceptors (Lipinski definition) is 4. The first-order valence-electron chi connectivity index (χ1n) is 11.9. The number of aliphatic hydroxyl groups is 1. The summed E-state index contributed by atoms with van der Waals surface area (Å²) in [5.74, 6) is 0.259. The number of benzene rings is 2. The van der Waals surface area contributed by atoms with Crippen LogP contribution in [0.4, 0.5) is 0 Å². The summed E-state index contributed by atoms with van der Waals surface area (Å²) in [6.07, 6.45) is 5.35. The Morgan fingerprint density at radius 3 is 2.58 bits per heavy atom. The lowest BCUT2D eigenvalue weighted by Crippen LogP contribution is -2.67. The van der Waals surface area contributed by atoms with Crippen molar-refractivity contribution in [3.8, 4) is 11.1 Å². The molecule has 1 N–H and O–H groups in total. The molecule has 2 aliphatic heterocycles. The fraction of sp³-hybridized carbons (Fsp3) is 0.357. The van der Waals surface area contributed by atoms with E-state index in [0.717, 1.165) is 25.9 Å². The SMILES string of the molecule is Cc1cccc(-c2ccc([C@H]3[C@H](CO)N4CCCCN(C(=O)c5cccnc5)C[C@@H]34)cc2)c1. The molecule has 1 amide bonds. The quantitative estimate of drug-likeness (QED) is 0.662. The Morgan fingerprint density at radius 2 is 1.85 bits per heavy atom. The highest BCUT2D eigenvalue weighted by Crippen LogP contribution is 2.42. The van der Waals surface area contributed by atoms with Crippen molar-refractivity contribution in [3.63, 3.8) is 0 Å². The minimum atomic E-state index is 0.0472. The lowest BCUT2D eigenvalue weighted by molar-refractivity contribution is -0.0606. The highest BCUT2D eigenvalue weighted by molar-refractivity contribution is 5.93. The Bertz CT molecular complexity index is 1100. The first-order valence-corrected chi connectivity index (χ1v) is 11.9. The molecule has 0 unspecified atom stereocenters. The number of aliphatic hydroxyl groups excluding tert-OH is 1. The second-order valence-corrected chi connectivity index (χ2v) is 9.27. The molecule has 2 saturated heterocycles. The van der Waals surface area contributed by atoms with Gasteiger partial charge in [0.25, 0.3) is 5.91 Å². The highest BCUT2D eigenvalue weighted by atomic mass is 16.3. The zero-order valence-electron chi connectivity index (χ0n) is 19.1. The van der Waals surface area contributed by atoms with Gasteiger partial charge in [0, 0.05) is 43.5 Å². The summed E-state index contributed by atoms with van der Waals surface area (Å²) >= 11 is 0. The van der Waals surface area contributed by atoms with E-state index in [1.807, 2.05) is 17.0 Å². The molecular formula is C28H31N3O2. The monoisotopic (exact) mass is 441 g/mol. The van der Waals surface area contributed by atoms with E-state index in [0.29, 0.717) is 12.1 Å². The second kappa shape index (κ2) is 9.46. The number of aryl methyl sites for hydroxylation is 1. The number of aromatic nitrogens is 1. The molecule has 170 valence electrons. The number of rotatable bonds is 4. The van der Waals surface area contributed by atoms with E-state index in [4.69, 9.17) is 0 Å². The van der Waals surface area contributed by atoms with E-state index in [-0.39, 0.29) is 30.5 Å². The fourth-order valence-corrected chi connectivity index (χ4v) is 5.52. The number of pyridine rings is 1. The van der Waals surface area contributed by atoms with Crippen molar-refractivity contribution in [2.75, 3.05) is 26.2 Å². The first kappa shape index (κ1) is 21.8. The molecule has 33 heavy (non-hydrogen) atoms. The number of carbonyl (C=O) groups excluding carboxylic acids is 1. The molecule has 2 aromatic carbocycles. The number of nitrogens with zero attached hydrogens (tertiary/aromatic N) is 3. The van der Waals surface area contributed by atoms with Gasteiger partial charge in [-0.1, -0.05) is 54.1 Å². The molecule has 1 aromatic heterocycles. The predicted molar refractivity (Wildman–Crippen MR) is 130 cm³/mol. The predicted octanol–water partition coefficient (Wildman–Crippen LogP) is 4.12. The van der Waals surface area contributed by atoms with Gasteiger partial charge in [0.1, 0.15) is 0 Å². The van der Waals surface area contributed by atoms with E-state index in [1.165, 1.54) is 22.3 Å². The maximum Gasteiger partial charge on any atom is 0.255 e. The summed E-state index contributed by atoms with van der Waals surface area (Å²) in [7, 11) is 0. The minimum absolute atomic E-state index is 0.0472. The van der Waals surface area contributed by atoms with E-state index < -0.39 is 0 Å². The lowest BCUT2D eigenvalue weighted by Gasteiger charge is -2.57. The number of carbonyl (C=O) groups is 1. The van der Waals surface area contributed by atoms with Crippen LogP contribution in [-0.2, 0) is 0 Å². The topological polar surface area (TPSA) is 56.7 Å². The molecule has 3 aromatic rings. The van der Waals surface area contributed by atoms with E-state index in [9.17, 15) is 9.90 Å². The van der Waals surface area contributed by atoms with Crippen molar-refractivity contribution >= 4 is 5.91 Å². The Hall–Kier alpha value is -3.02. The Labute approximate surface area is 195 Å². The Balaban J connectivity index is 1.39. The number of fused-ring (bicyclic) bond motifs is 1. The van der Waals surface area contributed by atoms with Gasteiger partial charge in [-0.05, 0) is 55.1 Å². The molecule has 0 saturated carbocycles. The van der Waals surface area contributed by atoms with Gasteiger partial charge >= 0.3 is 0 Å². The van der Waals surface area contributed by atoms with Crippen molar-refractivity contribution in [1.82, 2.24) is 14.8 Å². The maximum absolute atomic E-state index is 13.2. The third-order valence-electron chi connectivity index (χ3n) is 7.21. The largest absolute Gasteiger partial charge is 0.395 e. The number of amides is 1. The zero-order chi connectivity index (χ0) is 22.8. The summed E-state index contributed by atoms with van der Waals surface area (Å²) in [5.41, 5.74) is 5.54. The lowest BCUT2D eigenvalue weighted by atomic mass is 9.74. The molecule has 0 aliphatic carbocycles. The van der Waals surface area contributed by atoms with Gasteiger partial charge in [-0.2, -0.15) is 0 Å². The summed E-state index contributed by atoms with van der Waals surface area (Å²) in [4.78, 5) is 21.7. The summed E-state index contributed by atoms with van der Waals surface area (Å²) in [6, 6.07) is 21.3. The zero-order valence-corrected chi connectivity index (χ0v) is 19.1. The van der Waals surface area contributed by atoms with E-state index in [2.05, 4.69) is 65.3 Å². The molecular weight excluding hydrogens is 410 g/mol. The fourth-order valence-electron chi connectivity index (χ4n) is 5.52. The van der Waals surface area contributed by atoms with Crippen molar-refractivity contribution in [1.29, 1.82) is 0 Å². The van der Waals surface area contributed by atoms with E-state index in [1.54, 1.807) is 12.4 Å². The van der Waals surface area contributed by atoms with Crippen molar-refractivity contribution in [2.24, 2.45) is 0 Å². The average molecular weight is 442 g/mol. The summed E-state index contributed by atoms with van der Waals surface area (Å²) in [6.45, 7) is 4.66. The Kier molecular flexibility index (Phi) is 6.25. The molecule has 5 rings (SSSR count). The van der Waals surface area contributed by atoms with Gasteiger partial charge in [0.15, 0.2) is 0 Å². The molecule has 0 radical (unpaired) electrons. The van der Waals surface area contributed by atoms with Crippen LogP contribution in [0.15, 0.2) is 73.1 Å². The molecule has 3 atom stereocenters. The standard InChI is InChI=1S/C28H31N3O2/c1-20-6-4-7-23(16-20)21-9-11-22(12-10-21)27-25-18-30(28(33)24-8-5-13-29-17-24)14-2-3-15-31(25)26(27)19-32/h4-13,16-17,25-27,32H,2-3,14-15,18-19H2,1H3/t25-,26-,27+/m0/s1. The van der Waals surface area contributed by atoms with Gasteiger partial charge in [0.05, 0.1) is 12.2 Å². The summed E-state index contributed by atoms with van der Waals surface area (Å²) in [5, 5.41) is 10.2. The van der Waals surface area contributed by atoms with Crippen molar-refractivity contribution in [3.05, 3.63) is 89.7 Å². The van der Waals surface area contributed by atoms with Crippen molar-refractivity contribution < 1.29 is 9.90 Å². The highest BCUT2D eigenvalue weighted by Gasteiger charge is 2.49. The van der Waals surface area contributed by atoms with Gasteiger partial charge < -0.3 is 10.0 Å². The smallest absolute Gasteiger partial charge is 0.255 e. The summed E-state index contributed by atoms with van der Waals surface area (Å²) < 4.78 is 0. The number of hydrogen-bond donors (Lipinski definition) is 1. The average Bonchev–Trinajstić information content (AvgIpc) is 2.83. The van der Waals surface area contributed by atoms with Crippen LogP contribution >= 0.6 is 0 Å². The molecule has 5 nitrogen and oxygen atoms in total. The third kappa shape index (κ3) is 4.31. The normalized spacial score (nSPS) is 23.2. The van der Waals surface area contributed by atoms with Crippen LogP contribution in [0.3, 0.4) is 0 Å². The molecule has 2 fully saturated rings. The maximum atomic E-state index is 13.2. The minimum Gasteiger partial charge on any atom is -0.395 e. The van der Waals surface area contributed by atoms with Crippen molar-refractivity contribution in [2.45, 2.75) is 37.8 Å². The first-order chi connectivity index (χ1) is 16.2. The van der Waals surface area contributed by atoms with Crippen LogP contribution in [0.5, 0.6) is 0 Å². The Morgan fingerprint density at radius 1 is 1.03 bits per heavy atom. The van der Waals surface area contributed by atoms with Crippen LogP contribution in [0, 0.1) is 6.92 Å². The van der Waals surface area contributed by atoms with Gasteiger partial charge in [0.2, 0.25) is 0 Å². The van der Waals surface area contributed by atoms with Crippen LogP contribution in [0.1, 0.15) is 40.2 Å².